The Bertz CT molecular complexity index is 1000. The number of carbonyl (C=O) groups excluding carboxylic acids is 1. The number of nitrogens with one attached hydrogen (secondary N) is 1. The second-order valence-corrected chi connectivity index (χ2v) is 6.84. The second-order valence-electron chi connectivity index (χ2n) is 6.84. The zero-order valence-electron chi connectivity index (χ0n) is 16.7. The van der Waals surface area contributed by atoms with E-state index in [0.29, 0.717) is 17.4 Å². The minimum atomic E-state index is -0.356. The lowest BCUT2D eigenvalue weighted by Crippen LogP contribution is -2.47. The molecule has 2 aromatic heterocycles. The minimum Gasteiger partial charge on any atom is -0.497 e. The van der Waals surface area contributed by atoms with Gasteiger partial charge >= 0.3 is 0 Å². The van der Waals surface area contributed by atoms with Crippen LogP contribution in [0.2, 0.25) is 0 Å². The molecule has 1 aliphatic heterocycles. The molecule has 1 aliphatic rings. The van der Waals surface area contributed by atoms with Crippen molar-refractivity contribution in [1.82, 2.24) is 15.0 Å². The van der Waals surface area contributed by atoms with Gasteiger partial charge < -0.3 is 25.6 Å². The molecule has 4 rings (SSSR count). The smallest absolute Gasteiger partial charge is 0.260 e. The van der Waals surface area contributed by atoms with E-state index in [2.05, 4.69) is 30.1 Å². The van der Waals surface area contributed by atoms with E-state index in [1.165, 1.54) is 6.20 Å². The molecule has 1 fully saturated rings. The van der Waals surface area contributed by atoms with E-state index in [1.54, 1.807) is 37.6 Å². The SMILES string of the molecule is COc1ccc(NC(=O)c2cnc(N3CCN(c4cccnc4)CC3)nc2N)cc1. The van der Waals surface area contributed by atoms with E-state index in [0.717, 1.165) is 31.9 Å². The second kappa shape index (κ2) is 8.64. The summed E-state index contributed by atoms with van der Waals surface area (Å²) < 4.78 is 5.12. The van der Waals surface area contributed by atoms with Crippen LogP contribution < -0.4 is 25.6 Å². The Labute approximate surface area is 174 Å². The topological polar surface area (TPSA) is 110 Å². The molecule has 0 aliphatic carbocycles. The summed E-state index contributed by atoms with van der Waals surface area (Å²) in [7, 11) is 1.59. The van der Waals surface area contributed by atoms with E-state index < -0.39 is 0 Å². The molecule has 3 aromatic rings. The number of anilines is 4. The van der Waals surface area contributed by atoms with Crippen molar-refractivity contribution in [2.75, 3.05) is 54.1 Å². The van der Waals surface area contributed by atoms with Gasteiger partial charge in [0.05, 0.1) is 19.0 Å². The van der Waals surface area contributed by atoms with Crippen molar-refractivity contribution < 1.29 is 9.53 Å². The monoisotopic (exact) mass is 405 g/mol. The highest BCUT2D eigenvalue weighted by Gasteiger charge is 2.21. The molecule has 154 valence electrons. The molecule has 1 aromatic carbocycles. The summed E-state index contributed by atoms with van der Waals surface area (Å²) >= 11 is 0. The summed E-state index contributed by atoms with van der Waals surface area (Å²) in [4.78, 5) is 29.8. The molecule has 0 atom stereocenters. The molecule has 1 saturated heterocycles. The van der Waals surface area contributed by atoms with Gasteiger partial charge in [-0.1, -0.05) is 0 Å². The summed E-state index contributed by atoms with van der Waals surface area (Å²) in [5.74, 6) is 1.04. The number of pyridine rings is 1. The molecule has 3 heterocycles. The molecule has 0 unspecified atom stereocenters. The number of hydrogen-bond donors (Lipinski definition) is 2. The highest BCUT2D eigenvalue weighted by atomic mass is 16.5. The van der Waals surface area contributed by atoms with Gasteiger partial charge in [0.25, 0.3) is 5.91 Å². The zero-order valence-corrected chi connectivity index (χ0v) is 16.7. The fourth-order valence-electron chi connectivity index (χ4n) is 3.29. The number of amides is 1. The Morgan fingerprint density at radius 1 is 1.07 bits per heavy atom. The molecule has 0 saturated carbocycles. The highest BCUT2D eigenvalue weighted by Crippen LogP contribution is 2.20. The predicted molar refractivity (Wildman–Crippen MR) is 116 cm³/mol. The van der Waals surface area contributed by atoms with Crippen LogP contribution in [-0.4, -0.2) is 54.1 Å². The predicted octanol–water partition coefficient (Wildman–Crippen LogP) is 2.04. The molecular weight excluding hydrogens is 382 g/mol. The Hall–Kier alpha value is -3.88. The van der Waals surface area contributed by atoms with Gasteiger partial charge in [0.15, 0.2) is 0 Å². The molecule has 0 spiro atoms. The summed E-state index contributed by atoms with van der Waals surface area (Å²) in [6, 6.07) is 11.0. The normalized spacial score (nSPS) is 13.8. The molecule has 9 nitrogen and oxygen atoms in total. The summed E-state index contributed by atoms with van der Waals surface area (Å²) in [6.45, 7) is 3.17. The van der Waals surface area contributed by atoms with Gasteiger partial charge in [-0.3, -0.25) is 9.78 Å². The van der Waals surface area contributed by atoms with Crippen molar-refractivity contribution in [3.8, 4) is 5.75 Å². The standard InChI is InChI=1S/C21H23N7O2/c1-30-17-6-4-15(5-7-17)25-20(29)18-14-24-21(26-19(18)22)28-11-9-27(10-12-28)16-3-2-8-23-13-16/h2-8,13-14H,9-12H2,1H3,(H,25,29)(H2,22,24,26). The molecule has 0 radical (unpaired) electrons. The van der Waals surface area contributed by atoms with Gasteiger partial charge in [-0.25, -0.2) is 4.98 Å². The number of hydrogen-bond acceptors (Lipinski definition) is 8. The lowest BCUT2D eigenvalue weighted by molar-refractivity contribution is 0.102. The maximum Gasteiger partial charge on any atom is 0.260 e. The lowest BCUT2D eigenvalue weighted by Gasteiger charge is -2.35. The quantitative estimate of drug-likeness (QED) is 0.664. The third-order valence-corrected chi connectivity index (χ3v) is 4.97. The third kappa shape index (κ3) is 4.24. The van der Waals surface area contributed by atoms with Gasteiger partial charge in [0.2, 0.25) is 5.95 Å². The lowest BCUT2D eigenvalue weighted by atomic mass is 10.2. The van der Waals surface area contributed by atoms with Crippen LogP contribution in [-0.2, 0) is 0 Å². The van der Waals surface area contributed by atoms with Crippen molar-refractivity contribution in [1.29, 1.82) is 0 Å². The maximum atomic E-state index is 12.5. The number of ether oxygens (including phenoxy) is 1. The molecule has 1 amide bonds. The van der Waals surface area contributed by atoms with E-state index in [4.69, 9.17) is 10.5 Å². The van der Waals surface area contributed by atoms with Crippen LogP contribution in [0.3, 0.4) is 0 Å². The Morgan fingerprint density at radius 3 is 2.43 bits per heavy atom. The number of nitrogens with zero attached hydrogens (tertiary/aromatic N) is 5. The van der Waals surface area contributed by atoms with Crippen LogP contribution in [0.5, 0.6) is 5.75 Å². The van der Waals surface area contributed by atoms with E-state index in [9.17, 15) is 4.79 Å². The van der Waals surface area contributed by atoms with Crippen LogP contribution in [0, 0.1) is 0 Å². The van der Waals surface area contributed by atoms with Crippen LogP contribution >= 0.6 is 0 Å². The van der Waals surface area contributed by atoms with Gasteiger partial charge in [-0.15, -0.1) is 0 Å². The van der Waals surface area contributed by atoms with Crippen molar-refractivity contribution in [2.45, 2.75) is 0 Å². The van der Waals surface area contributed by atoms with E-state index in [1.807, 2.05) is 18.3 Å². The maximum absolute atomic E-state index is 12.5. The summed E-state index contributed by atoms with van der Waals surface area (Å²) in [6.07, 6.45) is 5.10. The van der Waals surface area contributed by atoms with Crippen molar-refractivity contribution >= 4 is 29.0 Å². The molecule has 3 N–H and O–H groups in total. The van der Waals surface area contributed by atoms with Crippen LogP contribution in [0.4, 0.5) is 23.1 Å². The molecule has 0 bridgehead atoms. The Balaban J connectivity index is 1.40. The van der Waals surface area contributed by atoms with Gasteiger partial charge in [0, 0.05) is 44.3 Å². The first-order chi connectivity index (χ1) is 14.6. The van der Waals surface area contributed by atoms with Crippen LogP contribution in [0.25, 0.3) is 0 Å². The average molecular weight is 405 g/mol. The van der Waals surface area contributed by atoms with Crippen LogP contribution in [0.15, 0.2) is 55.0 Å². The summed E-state index contributed by atoms with van der Waals surface area (Å²) in [5, 5.41) is 2.79. The number of nitrogen functional groups attached to an aromatic ring is 1. The minimum absolute atomic E-state index is 0.153. The first-order valence-electron chi connectivity index (χ1n) is 9.62. The first-order valence-corrected chi connectivity index (χ1v) is 9.62. The number of aromatic nitrogens is 3. The Kier molecular flexibility index (Phi) is 5.60. The number of nitrogens with two attached hydrogens (primary N) is 1. The number of benzene rings is 1. The largest absolute Gasteiger partial charge is 0.497 e. The van der Waals surface area contributed by atoms with E-state index >= 15 is 0 Å². The van der Waals surface area contributed by atoms with Gasteiger partial charge in [-0.05, 0) is 36.4 Å². The fraction of sp³-hybridized carbons (Fsp3) is 0.238. The zero-order chi connectivity index (χ0) is 20.9. The Morgan fingerprint density at radius 2 is 1.80 bits per heavy atom. The molecule has 9 heteroatoms. The number of rotatable bonds is 5. The van der Waals surface area contributed by atoms with Gasteiger partial charge in [-0.2, -0.15) is 4.98 Å². The molecular formula is C21H23N7O2. The summed E-state index contributed by atoms with van der Waals surface area (Å²) in [5.41, 5.74) is 8.04. The number of methoxy groups -OCH3 is 1. The van der Waals surface area contributed by atoms with Crippen molar-refractivity contribution in [3.63, 3.8) is 0 Å². The van der Waals surface area contributed by atoms with Crippen molar-refractivity contribution in [3.05, 3.63) is 60.6 Å². The van der Waals surface area contributed by atoms with E-state index in [-0.39, 0.29) is 17.3 Å². The number of piperazine rings is 1. The first kappa shape index (κ1) is 19.4. The highest BCUT2D eigenvalue weighted by molar-refractivity contribution is 6.07. The fourth-order valence-corrected chi connectivity index (χ4v) is 3.29. The van der Waals surface area contributed by atoms with Crippen molar-refractivity contribution in [2.24, 2.45) is 0 Å². The molecule has 30 heavy (non-hydrogen) atoms. The van der Waals surface area contributed by atoms with Gasteiger partial charge in [0.1, 0.15) is 17.1 Å². The number of carbonyl (C=O) groups is 1. The average Bonchev–Trinajstić information content (AvgIpc) is 2.80. The third-order valence-electron chi connectivity index (χ3n) is 4.97. The van der Waals surface area contributed by atoms with Crippen LogP contribution in [0.1, 0.15) is 10.4 Å².